The van der Waals surface area contributed by atoms with Crippen molar-refractivity contribution in [1.29, 1.82) is 0 Å². The molecule has 0 spiro atoms. The number of carbonyl (C=O) groups is 3. The summed E-state index contributed by atoms with van der Waals surface area (Å²) < 4.78 is 5.70. The summed E-state index contributed by atoms with van der Waals surface area (Å²) in [7, 11) is 0. The van der Waals surface area contributed by atoms with Crippen molar-refractivity contribution < 1.29 is 23.9 Å². The number of carboxylic acids is 1. The molecule has 0 radical (unpaired) electrons. The highest BCUT2D eigenvalue weighted by atomic mass is 16.4. The van der Waals surface area contributed by atoms with E-state index in [-0.39, 0.29) is 46.9 Å². The number of para-hydroxylation sites is 1. The lowest BCUT2D eigenvalue weighted by Crippen LogP contribution is -2.49. The topological polar surface area (TPSA) is 137 Å². The Morgan fingerprint density at radius 3 is 2.44 bits per heavy atom. The summed E-state index contributed by atoms with van der Waals surface area (Å²) >= 11 is 0. The van der Waals surface area contributed by atoms with Crippen LogP contribution in [0.25, 0.3) is 10.9 Å². The number of nitrogens with one attached hydrogen (secondary N) is 3. The van der Waals surface area contributed by atoms with Crippen LogP contribution in [0.15, 0.2) is 34.9 Å². The van der Waals surface area contributed by atoms with Crippen LogP contribution < -0.4 is 10.6 Å². The first-order chi connectivity index (χ1) is 16.8. The molecule has 3 rings (SSSR count). The Balaban J connectivity index is 1.91. The van der Waals surface area contributed by atoms with E-state index in [0.717, 1.165) is 16.5 Å². The van der Waals surface area contributed by atoms with Crippen LogP contribution >= 0.6 is 0 Å². The van der Waals surface area contributed by atoms with Gasteiger partial charge in [-0.15, -0.1) is 0 Å². The van der Waals surface area contributed by atoms with Gasteiger partial charge in [-0.1, -0.05) is 52.8 Å². The van der Waals surface area contributed by atoms with Gasteiger partial charge in [0.05, 0.1) is 0 Å². The van der Waals surface area contributed by atoms with Gasteiger partial charge in [-0.2, -0.15) is 0 Å². The molecule has 2 heterocycles. The lowest BCUT2D eigenvalue weighted by Gasteiger charge is -2.25. The fourth-order valence-electron chi connectivity index (χ4n) is 4.19. The van der Waals surface area contributed by atoms with Crippen molar-refractivity contribution in [2.24, 2.45) is 11.3 Å². The maximum absolute atomic E-state index is 13.5. The number of aromatic nitrogens is 2. The molecule has 2 aromatic heterocycles. The number of aryl methyl sites for hydroxylation is 1. The fourth-order valence-corrected chi connectivity index (χ4v) is 4.19. The van der Waals surface area contributed by atoms with Gasteiger partial charge in [0.2, 0.25) is 17.7 Å². The predicted octanol–water partition coefficient (Wildman–Crippen LogP) is 4.53. The van der Waals surface area contributed by atoms with Gasteiger partial charge in [-0.25, -0.2) is 9.78 Å². The highest BCUT2D eigenvalue weighted by Crippen LogP contribution is 2.26. The zero-order valence-electron chi connectivity index (χ0n) is 21.8. The highest BCUT2D eigenvalue weighted by molar-refractivity contribution is 5.88. The van der Waals surface area contributed by atoms with Crippen molar-refractivity contribution >= 4 is 28.7 Å². The fraction of sp³-hybridized carbons (Fsp3) is 0.481. The Bertz CT molecular complexity index is 1230. The minimum Gasteiger partial charge on any atom is -0.476 e. The maximum atomic E-state index is 13.5. The Kier molecular flexibility index (Phi) is 8.22. The van der Waals surface area contributed by atoms with Crippen LogP contribution in [0.2, 0.25) is 0 Å². The van der Waals surface area contributed by atoms with E-state index in [1.165, 1.54) is 6.92 Å². The molecule has 194 valence electrons. The number of H-pyrrole nitrogens is 1. The van der Waals surface area contributed by atoms with Crippen molar-refractivity contribution in [1.82, 2.24) is 20.6 Å². The lowest BCUT2D eigenvalue weighted by molar-refractivity contribution is -0.130. The van der Waals surface area contributed by atoms with Crippen LogP contribution in [0.3, 0.4) is 0 Å². The maximum Gasteiger partial charge on any atom is 0.358 e. The lowest BCUT2D eigenvalue weighted by atomic mass is 9.91. The van der Waals surface area contributed by atoms with E-state index in [4.69, 9.17) is 4.42 Å². The van der Waals surface area contributed by atoms with E-state index < -0.39 is 18.1 Å². The quantitative estimate of drug-likeness (QED) is 0.325. The SMILES string of the molecule is Cc1oc([C@@H](Cc2c[nH]c3ccccc23)NC(=O)[C@H](CC(C)C)NC(=O)CC(C)(C)C)nc1C(=O)O. The number of oxazole rings is 1. The normalized spacial score (nSPS) is 13.5. The van der Waals surface area contributed by atoms with Crippen LogP contribution in [-0.2, 0) is 16.0 Å². The first-order valence-electron chi connectivity index (χ1n) is 12.2. The molecular weight excluding hydrogens is 460 g/mol. The van der Waals surface area contributed by atoms with E-state index in [1.807, 2.05) is 65.1 Å². The highest BCUT2D eigenvalue weighted by Gasteiger charge is 2.30. The van der Waals surface area contributed by atoms with Crippen LogP contribution in [0.1, 0.15) is 81.2 Å². The van der Waals surface area contributed by atoms with Gasteiger partial charge in [0.25, 0.3) is 0 Å². The second kappa shape index (κ2) is 11.0. The van der Waals surface area contributed by atoms with Gasteiger partial charge in [0.1, 0.15) is 17.8 Å². The number of hydrogen-bond acceptors (Lipinski definition) is 5. The van der Waals surface area contributed by atoms with E-state index in [9.17, 15) is 19.5 Å². The van der Waals surface area contributed by atoms with Crippen molar-refractivity contribution in [2.45, 2.75) is 72.9 Å². The standard InChI is InChI=1S/C27H36N4O5/c1-15(2)11-20(29-22(32)13-27(4,5)6)24(33)30-21(25-31-23(26(34)35)16(3)36-25)12-17-14-28-19-10-8-7-9-18(17)19/h7-10,14-15,20-21,28H,11-13H2,1-6H3,(H,29,32)(H,30,33)(H,34,35)/t20-,21+/m0/s1. The predicted molar refractivity (Wildman–Crippen MR) is 137 cm³/mol. The molecule has 1 aromatic carbocycles. The Labute approximate surface area is 211 Å². The second-order valence-corrected chi connectivity index (χ2v) is 10.9. The van der Waals surface area contributed by atoms with Gasteiger partial charge in [-0.3, -0.25) is 9.59 Å². The summed E-state index contributed by atoms with van der Waals surface area (Å²) in [5.41, 5.74) is 1.45. The molecule has 9 nitrogen and oxygen atoms in total. The average Bonchev–Trinajstić information content (AvgIpc) is 3.34. The van der Waals surface area contributed by atoms with Gasteiger partial charge in [0, 0.05) is 29.9 Å². The molecule has 0 fully saturated rings. The minimum atomic E-state index is -1.20. The number of nitrogens with zero attached hydrogens (tertiary/aromatic N) is 1. The van der Waals surface area contributed by atoms with Crippen molar-refractivity contribution in [2.75, 3.05) is 0 Å². The van der Waals surface area contributed by atoms with Crippen LogP contribution in [0.5, 0.6) is 0 Å². The number of rotatable bonds is 10. The van der Waals surface area contributed by atoms with Gasteiger partial charge in [-0.05, 0) is 36.3 Å². The molecule has 4 N–H and O–H groups in total. The van der Waals surface area contributed by atoms with Crippen LogP contribution in [-0.4, -0.2) is 38.9 Å². The minimum absolute atomic E-state index is 0.104. The summed E-state index contributed by atoms with van der Waals surface area (Å²) in [4.78, 5) is 45.1. The second-order valence-electron chi connectivity index (χ2n) is 10.9. The van der Waals surface area contributed by atoms with E-state index in [1.54, 1.807) is 0 Å². The number of benzene rings is 1. The third kappa shape index (κ3) is 6.96. The van der Waals surface area contributed by atoms with Crippen molar-refractivity contribution in [3.05, 3.63) is 53.4 Å². The summed E-state index contributed by atoms with van der Waals surface area (Å²) in [5.74, 6) is -1.35. The number of aromatic carboxylic acids is 1. The molecule has 0 saturated carbocycles. The Hall–Kier alpha value is -3.62. The number of aromatic amines is 1. The Morgan fingerprint density at radius 2 is 1.83 bits per heavy atom. The molecule has 0 aliphatic rings. The van der Waals surface area contributed by atoms with Gasteiger partial charge >= 0.3 is 5.97 Å². The Morgan fingerprint density at radius 1 is 1.14 bits per heavy atom. The van der Waals surface area contributed by atoms with Crippen molar-refractivity contribution in [3.63, 3.8) is 0 Å². The molecule has 0 saturated heterocycles. The molecule has 9 heteroatoms. The molecule has 0 bridgehead atoms. The van der Waals surface area contributed by atoms with E-state index >= 15 is 0 Å². The average molecular weight is 497 g/mol. The van der Waals surface area contributed by atoms with E-state index in [0.29, 0.717) is 12.8 Å². The first-order valence-corrected chi connectivity index (χ1v) is 12.2. The summed E-state index contributed by atoms with van der Waals surface area (Å²) in [6, 6.07) is 6.29. The molecule has 36 heavy (non-hydrogen) atoms. The molecule has 0 aliphatic carbocycles. The number of carboxylic acid groups (broad SMARTS) is 1. The third-order valence-electron chi connectivity index (χ3n) is 5.78. The number of amides is 2. The molecule has 0 unspecified atom stereocenters. The number of carbonyl (C=O) groups excluding carboxylic acids is 2. The third-order valence-corrected chi connectivity index (χ3v) is 5.78. The van der Waals surface area contributed by atoms with Gasteiger partial charge < -0.3 is 25.1 Å². The monoisotopic (exact) mass is 496 g/mol. The van der Waals surface area contributed by atoms with Crippen LogP contribution in [0, 0.1) is 18.3 Å². The van der Waals surface area contributed by atoms with E-state index in [2.05, 4.69) is 20.6 Å². The first kappa shape index (κ1) is 27.0. The number of fused-ring (bicyclic) bond motifs is 1. The number of hydrogen-bond donors (Lipinski definition) is 4. The largest absolute Gasteiger partial charge is 0.476 e. The molecule has 3 aromatic rings. The zero-order valence-corrected chi connectivity index (χ0v) is 21.8. The summed E-state index contributed by atoms with van der Waals surface area (Å²) in [6.45, 7) is 11.4. The zero-order chi connectivity index (χ0) is 26.6. The smallest absolute Gasteiger partial charge is 0.358 e. The molecule has 2 amide bonds. The molecular formula is C27H36N4O5. The summed E-state index contributed by atoms with van der Waals surface area (Å²) in [5, 5.41) is 16.3. The van der Waals surface area contributed by atoms with Crippen LogP contribution in [0.4, 0.5) is 0 Å². The van der Waals surface area contributed by atoms with Crippen molar-refractivity contribution in [3.8, 4) is 0 Å². The summed E-state index contributed by atoms with van der Waals surface area (Å²) in [6.07, 6.45) is 2.91. The molecule has 2 atom stereocenters. The molecule has 0 aliphatic heterocycles. The van der Waals surface area contributed by atoms with Gasteiger partial charge in [0.15, 0.2) is 5.69 Å².